The van der Waals surface area contributed by atoms with E-state index in [1.54, 1.807) is 48.5 Å². The summed E-state index contributed by atoms with van der Waals surface area (Å²) in [5.41, 5.74) is 1.94. The lowest BCUT2D eigenvalue weighted by molar-refractivity contribution is -0.789. The van der Waals surface area contributed by atoms with Crippen LogP contribution in [0.4, 0.5) is 5.69 Å². The van der Waals surface area contributed by atoms with Crippen molar-refractivity contribution in [1.82, 2.24) is 0 Å². The Kier molecular flexibility index (Phi) is 3.42. The first kappa shape index (κ1) is 13.9. The third-order valence-corrected chi connectivity index (χ3v) is 3.38. The minimum absolute atomic E-state index is 0.0665. The average molecular weight is 297 g/mol. The third-order valence-electron chi connectivity index (χ3n) is 3.38. The molecule has 2 amide bonds. The number of rotatable bonds is 4. The first-order chi connectivity index (χ1) is 10.6. The molecule has 0 aliphatic carbocycles. The Hall–Kier alpha value is -3.02. The summed E-state index contributed by atoms with van der Waals surface area (Å²) in [5.74, 6) is -0.695. The minimum atomic E-state index is -0.348. The molecule has 0 radical (unpaired) electrons. The van der Waals surface area contributed by atoms with Gasteiger partial charge in [0.05, 0.1) is 21.7 Å². The Bertz CT molecular complexity index is 750. The molecule has 110 valence electrons. The van der Waals surface area contributed by atoms with Gasteiger partial charge in [-0.25, -0.2) is 9.74 Å². The smallest absolute Gasteiger partial charge is 0.266 e. The van der Waals surface area contributed by atoms with Crippen LogP contribution >= 0.6 is 0 Å². The van der Waals surface area contributed by atoms with E-state index >= 15 is 0 Å². The molecule has 6 heteroatoms. The summed E-state index contributed by atoms with van der Waals surface area (Å²) in [6.45, 7) is 0.0665. The van der Waals surface area contributed by atoms with Gasteiger partial charge in [0.15, 0.2) is 6.61 Å². The van der Waals surface area contributed by atoms with Gasteiger partial charge in [0, 0.05) is 0 Å². The van der Waals surface area contributed by atoms with E-state index < -0.39 is 0 Å². The van der Waals surface area contributed by atoms with Crippen molar-refractivity contribution in [1.29, 1.82) is 0 Å². The second-order valence-electron chi connectivity index (χ2n) is 4.87. The summed E-state index contributed by atoms with van der Waals surface area (Å²) in [4.78, 5) is 41.9. The van der Waals surface area contributed by atoms with Crippen molar-refractivity contribution in [3.63, 3.8) is 0 Å². The summed E-state index contributed by atoms with van der Waals surface area (Å²) in [6.07, 6.45) is 0. The zero-order valence-electron chi connectivity index (χ0n) is 11.9. The lowest BCUT2D eigenvalue weighted by atomic mass is 10.1. The van der Waals surface area contributed by atoms with Crippen LogP contribution in [0.3, 0.4) is 0 Å². The lowest BCUT2D eigenvalue weighted by Crippen LogP contribution is -2.29. The van der Waals surface area contributed by atoms with Gasteiger partial charge in [0.1, 0.15) is 0 Å². The third kappa shape index (κ3) is 2.35. The van der Waals surface area contributed by atoms with Gasteiger partial charge in [-0.2, -0.15) is 0 Å². The van der Waals surface area contributed by atoms with Gasteiger partial charge >= 0.3 is 0 Å². The zero-order valence-corrected chi connectivity index (χ0v) is 11.9. The van der Waals surface area contributed by atoms with E-state index in [9.17, 15) is 14.5 Å². The second kappa shape index (κ2) is 5.40. The number of fused-ring (bicyclic) bond motifs is 1. The van der Waals surface area contributed by atoms with E-state index in [-0.39, 0.29) is 18.4 Å². The highest BCUT2D eigenvalue weighted by molar-refractivity contribution is 6.34. The molecule has 0 atom stereocenters. The van der Waals surface area contributed by atoms with E-state index in [1.165, 1.54) is 7.05 Å². The van der Waals surface area contributed by atoms with Gasteiger partial charge < -0.3 is 0 Å². The molecule has 2 aromatic rings. The highest BCUT2D eigenvalue weighted by Crippen LogP contribution is 2.28. The molecule has 0 bridgehead atoms. The molecule has 2 aromatic carbocycles. The quantitative estimate of drug-likeness (QED) is 0.641. The molecule has 0 spiro atoms. The van der Waals surface area contributed by atoms with E-state index in [1.807, 2.05) is 0 Å². The normalized spacial score (nSPS) is 13.2. The number of benzene rings is 2. The van der Waals surface area contributed by atoms with Crippen molar-refractivity contribution < 1.29 is 19.3 Å². The molecule has 0 saturated heterocycles. The summed E-state index contributed by atoms with van der Waals surface area (Å²) in [6, 6.07) is 13.5. The van der Waals surface area contributed by atoms with Gasteiger partial charge in [-0.05, 0) is 29.8 Å². The fourth-order valence-electron chi connectivity index (χ4n) is 2.37. The molecule has 0 unspecified atom stereocenters. The van der Waals surface area contributed by atoms with Crippen molar-refractivity contribution in [2.45, 2.75) is 6.61 Å². The maximum absolute atomic E-state index is 12.4. The molecule has 0 aromatic heterocycles. The molecule has 1 heterocycles. The first-order valence-electron chi connectivity index (χ1n) is 6.68. The molecule has 6 nitrogen and oxygen atoms in total. The molecule has 0 N–H and O–H groups in total. The predicted octanol–water partition coefficient (Wildman–Crippen LogP) is 2.33. The Morgan fingerprint density at radius 2 is 1.64 bits per heavy atom. The van der Waals surface area contributed by atoms with Crippen LogP contribution in [0.15, 0.2) is 48.5 Å². The number of hydrogen-bond acceptors (Lipinski definition) is 4. The maximum Gasteiger partial charge on any atom is 0.266 e. The van der Waals surface area contributed by atoms with Gasteiger partial charge in [-0.15, -0.1) is 0 Å². The summed E-state index contributed by atoms with van der Waals surface area (Å²) < 4.78 is 0. The highest BCUT2D eigenvalue weighted by atomic mass is 16.8. The van der Waals surface area contributed by atoms with Crippen molar-refractivity contribution in [3.05, 3.63) is 70.1 Å². The van der Waals surface area contributed by atoms with E-state index in [2.05, 4.69) is 0 Å². The van der Waals surface area contributed by atoms with Crippen molar-refractivity contribution in [2.24, 2.45) is 0 Å². The molecule has 0 fully saturated rings. The van der Waals surface area contributed by atoms with Crippen LogP contribution in [0.2, 0.25) is 0 Å². The standard InChI is InChI=1S/C16H13N2O4/c1-17(21)22-10-11-5-4-6-12(9-11)18-15(19)13-7-2-3-8-14(13)16(18)20/h2-9H,10H2,1H3/q+1. The molecule has 22 heavy (non-hydrogen) atoms. The largest absolute Gasteiger partial charge is 0.268 e. The number of nitrogens with zero attached hydrogens (tertiary/aromatic N) is 2. The Morgan fingerprint density at radius 1 is 1.00 bits per heavy atom. The van der Waals surface area contributed by atoms with Crippen LogP contribution in [0, 0.1) is 4.91 Å². The molecule has 1 aliphatic heterocycles. The van der Waals surface area contributed by atoms with Crippen LogP contribution in [0.5, 0.6) is 0 Å². The van der Waals surface area contributed by atoms with Crippen molar-refractivity contribution >= 4 is 17.5 Å². The van der Waals surface area contributed by atoms with E-state index in [4.69, 9.17) is 4.84 Å². The number of carbonyl (C=O) groups is 2. The van der Waals surface area contributed by atoms with Gasteiger partial charge in [0.2, 0.25) is 12.0 Å². The number of carbonyl (C=O) groups excluding carboxylic acids is 2. The predicted molar refractivity (Wildman–Crippen MR) is 78.4 cm³/mol. The minimum Gasteiger partial charge on any atom is -0.268 e. The van der Waals surface area contributed by atoms with Crippen LogP contribution in [-0.4, -0.2) is 23.8 Å². The monoisotopic (exact) mass is 297 g/mol. The van der Waals surface area contributed by atoms with Crippen LogP contribution in [0.1, 0.15) is 26.3 Å². The first-order valence-corrected chi connectivity index (χ1v) is 6.68. The Labute approximate surface area is 126 Å². The fraction of sp³-hybridized carbons (Fsp3) is 0.125. The maximum atomic E-state index is 12.4. The Morgan fingerprint density at radius 3 is 2.23 bits per heavy atom. The second-order valence-corrected chi connectivity index (χ2v) is 4.87. The van der Waals surface area contributed by atoms with Crippen molar-refractivity contribution in [2.75, 3.05) is 11.9 Å². The molecule has 3 rings (SSSR count). The average Bonchev–Trinajstić information content (AvgIpc) is 2.78. The fourth-order valence-corrected chi connectivity index (χ4v) is 2.37. The number of hydrogen-bond donors (Lipinski definition) is 0. The lowest BCUT2D eigenvalue weighted by Gasteiger charge is -2.14. The molecule has 1 aliphatic rings. The van der Waals surface area contributed by atoms with Gasteiger partial charge in [-0.1, -0.05) is 24.3 Å². The van der Waals surface area contributed by atoms with E-state index in [0.29, 0.717) is 27.3 Å². The SMILES string of the molecule is C[N+](=O)OCc1cccc(N2C(=O)c3ccccc3C2=O)c1. The van der Waals surface area contributed by atoms with Gasteiger partial charge in [0.25, 0.3) is 11.8 Å². The molecular weight excluding hydrogens is 284 g/mol. The zero-order chi connectivity index (χ0) is 15.7. The van der Waals surface area contributed by atoms with E-state index in [0.717, 1.165) is 4.90 Å². The van der Waals surface area contributed by atoms with Crippen LogP contribution < -0.4 is 4.90 Å². The number of amides is 2. The number of imide groups is 1. The Balaban J connectivity index is 1.92. The summed E-state index contributed by atoms with van der Waals surface area (Å²) >= 11 is 0. The highest BCUT2D eigenvalue weighted by Gasteiger charge is 2.36. The van der Waals surface area contributed by atoms with Crippen molar-refractivity contribution in [3.8, 4) is 0 Å². The van der Waals surface area contributed by atoms with Crippen LogP contribution in [0.25, 0.3) is 0 Å². The topological polar surface area (TPSA) is 66.7 Å². The summed E-state index contributed by atoms with van der Waals surface area (Å²) in [7, 11) is 1.24. The van der Waals surface area contributed by atoms with Gasteiger partial charge in [-0.3, -0.25) is 9.59 Å². The summed E-state index contributed by atoms with van der Waals surface area (Å²) in [5, 5.41) is 0. The molecular formula is C16H13N2O4+. The van der Waals surface area contributed by atoms with Crippen LogP contribution in [-0.2, 0) is 11.4 Å². The number of anilines is 1. The molecule has 0 saturated carbocycles.